The molecule has 5 nitrogen and oxygen atoms in total. The highest BCUT2D eigenvalue weighted by Gasteiger charge is 2.26. The molecule has 1 N–H and O–H groups in total. The van der Waals surface area contributed by atoms with Crippen LogP contribution in [0.1, 0.15) is 119 Å². The van der Waals surface area contributed by atoms with E-state index in [1.165, 1.54) is 17.5 Å². The predicted molar refractivity (Wildman–Crippen MR) is 156 cm³/mol. The lowest BCUT2D eigenvalue weighted by atomic mass is 9.86. The van der Waals surface area contributed by atoms with E-state index >= 15 is 0 Å². The van der Waals surface area contributed by atoms with Crippen LogP contribution in [0.5, 0.6) is 0 Å². The molecule has 0 aliphatic carbocycles. The maximum atomic E-state index is 12.4. The molecule has 0 aromatic heterocycles. The Bertz CT molecular complexity index is 826. The van der Waals surface area contributed by atoms with Crippen LogP contribution in [0.3, 0.4) is 0 Å². The van der Waals surface area contributed by atoms with E-state index in [2.05, 4.69) is 98.5 Å². The van der Waals surface area contributed by atoms with Crippen LogP contribution in [0.25, 0.3) is 0 Å². The lowest BCUT2D eigenvalue weighted by molar-refractivity contribution is -0.154. The summed E-state index contributed by atoms with van der Waals surface area (Å²) in [5.74, 6) is -0.226. The second-order valence-electron chi connectivity index (χ2n) is 13.7. The molecule has 0 amide bonds. The van der Waals surface area contributed by atoms with E-state index in [1.54, 1.807) is 6.21 Å². The van der Waals surface area contributed by atoms with Gasteiger partial charge in [0, 0.05) is 6.21 Å². The van der Waals surface area contributed by atoms with Gasteiger partial charge in [-0.1, -0.05) is 100 Å². The van der Waals surface area contributed by atoms with Crippen molar-refractivity contribution in [2.75, 3.05) is 0 Å². The third kappa shape index (κ3) is 18.7. The van der Waals surface area contributed by atoms with Crippen LogP contribution in [0.2, 0.25) is 0 Å². The number of carbonyl (C=O) groups is 2. The average Bonchev–Trinajstić information content (AvgIpc) is 2.68. The molecule has 1 aromatic rings. The highest BCUT2D eigenvalue weighted by molar-refractivity contribution is 5.83. The number of aliphatic carboxylic acids is 1. The predicted octanol–water partition coefficient (Wildman–Crippen LogP) is 8.35. The minimum absolute atomic E-state index is 0.0187. The molecule has 0 aliphatic rings. The lowest BCUT2D eigenvalue weighted by Crippen LogP contribution is -2.30. The van der Waals surface area contributed by atoms with E-state index in [0.717, 1.165) is 12.3 Å². The van der Waals surface area contributed by atoms with Gasteiger partial charge in [-0.3, -0.25) is 9.79 Å². The second kappa shape index (κ2) is 15.9. The molecule has 212 valence electrons. The van der Waals surface area contributed by atoms with Crippen molar-refractivity contribution >= 4 is 18.2 Å². The molecule has 0 bridgehead atoms. The molecule has 0 radical (unpaired) electrons. The third-order valence-corrected chi connectivity index (χ3v) is 5.60. The molecule has 0 spiro atoms. The van der Waals surface area contributed by atoms with Gasteiger partial charge in [0.1, 0.15) is 0 Å². The van der Waals surface area contributed by atoms with Gasteiger partial charge >= 0.3 is 11.9 Å². The monoisotopic (exact) mass is 517 g/mol. The first kappa shape index (κ1) is 34.8. The first-order chi connectivity index (χ1) is 16.8. The van der Waals surface area contributed by atoms with Crippen molar-refractivity contribution in [2.45, 2.75) is 127 Å². The highest BCUT2D eigenvalue weighted by atomic mass is 16.5. The normalized spacial score (nSPS) is 14.8. The van der Waals surface area contributed by atoms with E-state index in [4.69, 9.17) is 9.84 Å². The first-order valence-electron chi connectivity index (χ1n) is 13.8. The molecule has 1 rings (SSSR count). The number of nitrogens with zero attached hydrogens (tertiary/aromatic N) is 1. The summed E-state index contributed by atoms with van der Waals surface area (Å²) in [6.07, 6.45) is 3.83. The summed E-state index contributed by atoms with van der Waals surface area (Å²) < 4.78 is 5.46. The fraction of sp³-hybridized carbons (Fsp3) is 0.719. The molecule has 3 atom stereocenters. The standard InChI is InChI=1S/C24H37NO4.C8H18/c1-16(2)20-10-8-19(9-11-20)12-17(3)15-25-21(13-22(26)27)23(28)29-18(4)14-24(5,6)7;1-7(2)6-8(3,4)5/h8-11,15-18,21H,12-14H2,1-7H3,(H,26,27);7H,6H2,1-5H3. The molecule has 0 heterocycles. The van der Waals surface area contributed by atoms with Gasteiger partial charge in [-0.2, -0.15) is 0 Å². The average molecular weight is 518 g/mol. The molecule has 37 heavy (non-hydrogen) atoms. The van der Waals surface area contributed by atoms with E-state index in [0.29, 0.717) is 17.8 Å². The van der Waals surface area contributed by atoms with Crippen molar-refractivity contribution in [3.8, 4) is 0 Å². The maximum absolute atomic E-state index is 12.4. The summed E-state index contributed by atoms with van der Waals surface area (Å²) in [5, 5.41) is 9.14. The van der Waals surface area contributed by atoms with E-state index in [-0.39, 0.29) is 23.9 Å². The van der Waals surface area contributed by atoms with Crippen LogP contribution < -0.4 is 0 Å². The van der Waals surface area contributed by atoms with Crippen LogP contribution in [0, 0.1) is 22.7 Å². The van der Waals surface area contributed by atoms with Gasteiger partial charge in [-0.15, -0.1) is 0 Å². The summed E-state index contributed by atoms with van der Waals surface area (Å²) in [5.41, 5.74) is 3.02. The van der Waals surface area contributed by atoms with Gasteiger partial charge in [0.15, 0.2) is 6.04 Å². The molecule has 1 aromatic carbocycles. The van der Waals surface area contributed by atoms with Crippen molar-refractivity contribution in [2.24, 2.45) is 27.7 Å². The van der Waals surface area contributed by atoms with Gasteiger partial charge in [0.05, 0.1) is 12.5 Å². The Balaban J connectivity index is 0.00000139. The van der Waals surface area contributed by atoms with Gasteiger partial charge in [0.25, 0.3) is 0 Å². The Labute approximate surface area is 227 Å². The number of carbonyl (C=O) groups excluding carboxylic acids is 1. The van der Waals surface area contributed by atoms with Gasteiger partial charge in [-0.25, -0.2) is 4.79 Å². The van der Waals surface area contributed by atoms with Crippen molar-refractivity contribution in [1.29, 1.82) is 0 Å². The maximum Gasteiger partial charge on any atom is 0.331 e. The Kier molecular flexibility index (Phi) is 15.0. The molecular formula is C32H55NO4. The zero-order valence-electron chi connectivity index (χ0n) is 25.7. The first-order valence-corrected chi connectivity index (χ1v) is 13.8. The molecule has 0 fully saturated rings. The van der Waals surface area contributed by atoms with Gasteiger partial charge in [-0.05, 0) is 65.9 Å². The SMILES string of the molecule is CC(C)CC(C)(C)C.CC(C=NC(CC(=O)O)C(=O)OC(C)CC(C)(C)C)Cc1ccc(C(C)C)cc1. The molecule has 5 heteroatoms. The van der Waals surface area contributed by atoms with Crippen LogP contribution in [0.4, 0.5) is 0 Å². The van der Waals surface area contributed by atoms with Crippen molar-refractivity contribution in [1.82, 2.24) is 0 Å². The van der Waals surface area contributed by atoms with E-state index in [1.807, 2.05) is 13.8 Å². The summed E-state index contributed by atoms with van der Waals surface area (Å²) in [6.45, 7) is 25.8. The summed E-state index contributed by atoms with van der Waals surface area (Å²) in [4.78, 5) is 27.9. The van der Waals surface area contributed by atoms with Crippen molar-refractivity contribution in [3.63, 3.8) is 0 Å². The second-order valence-corrected chi connectivity index (χ2v) is 13.7. The van der Waals surface area contributed by atoms with Crippen molar-refractivity contribution < 1.29 is 19.4 Å². The molecular weight excluding hydrogens is 462 g/mol. The van der Waals surface area contributed by atoms with Crippen molar-refractivity contribution in [3.05, 3.63) is 35.4 Å². The number of carboxylic acids is 1. The van der Waals surface area contributed by atoms with Crippen LogP contribution in [-0.2, 0) is 20.7 Å². The largest absolute Gasteiger partial charge is 0.481 e. The molecule has 0 saturated carbocycles. The fourth-order valence-corrected chi connectivity index (χ4v) is 4.48. The fourth-order valence-electron chi connectivity index (χ4n) is 4.48. The Morgan fingerprint density at radius 1 is 0.892 bits per heavy atom. The van der Waals surface area contributed by atoms with E-state index in [9.17, 15) is 9.59 Å². The number of hydrogen-bond acceptors (Lipinski definition) is 4. The van der Waals surface area contributed by atoms with Crippen LogP contribution in [0.15, 0.2) is 29.3 Å². The minimum Gasteiger partial charge on any atom is -0.481 e. The minimum atomic E-state index is -1.07. The lowest BCUT2D eigenvalue weighted by Gasteiger charge is -2.24. The zero-order chi connectivity index (χ0) is 29.0. The summed E-state index contributed by atoms with van der Waals surface area (Å²) in [6, 6.07) is 7.46. The van der Waals surface area contributed by atoms with Gasteiger partial charge < -0.3 is 9.84 Å². The number of hydrogen-bond donors (Lipinski definition) is 1. The third-order valence-electron chi connectivity index (χ3n) is 5.60. The Morgan fingerprint density at radius 2 is 1.41 bits per heavy atom. The van der Waals surface area contributed by atoms with Crippen LogP contribution in [-0.4, -0.2) is 35.4 Å². The Morgan fingerprint density at radius 3 is 1.78 bits per heavy atom. The number of aliphatic imine (C=N–C) groups is 1. The van der Waals surface area contributed by atoms with Gasteiger partial charge in [0.2, 0.25) is 0 Å². The quantitative estimate of drug-likeness (QED) is 0.236. The number of esters is 1. The number of benzene rings is 1. The highest BCUT2D eigenvalue weighted by Crippen LogP contribution is 2.24. The summed E-state index contributed by atoms with van der Waals surface area (Å²) >= 11 is 0. The number of rotatable bonds is 11. The molecule has 3 unspecified atom stereocenters. The molecule has 0 aliphatic heterocycles. The number of ether oxygens (including phenoxy) is 1. The molecule has 0 saturated heterocycles. The zero-order valence-corrected chi connectivity index (χ0v) is 25.7. The van der Waals surface area contributed by atoms with E-state index < -0.39 is 18.0 Å². The summed E-state index contributed by atoms with van der Waals surface area (Å²) in [7, 11) is 0. The Hall–Kier alpha value is -2.17. The topological polar surface area (TPSA) is 76.0 Å². The van der Waals surface area contributed by atoms with Crippen LogP contribution >= 0.6 is 0 Å². The smallest absolute Gasteiger partial charge is 0.331 e. The number of carboxylic acid groups (broad SMARTS) is 1.